The van der Waals surface area contributed by atoms with Crippen molar-refractivity contribution in [3.8, 4) is 0 Å². The number of aryl methyl sites for hydroxylation is 1. The summed E-state index contributed by atoms with van der Waals surface area (Å²) in [6.45, 7) is 0. The molecule has 2 heterocycles. The number of halogens is 1. The molecule has 1 atom stereocenters. The zero-order valence-electron chi connectivity index (χ0n) is 10.5. The Morgan fingerprint density at radius 3 is 2.95 bits per heavy atom. The lowest BCUT2D eigenvalue weighted by Gasteiger charge is -2.23. The van der Waals surface area contributed by atoms with Crippen LogP contribution < -0.4 is 4.72 Å². The van der Waals surface area contributed by atoms with Crippen LogP contribution in [0.3, 0.4) is 0 Å². The van der Waals surface area contributed by atoms with Crippen LogP contribution in [0.5, 0.6) is 0 Å². The molecular weight excluding hydrogens is 316 g/mol. The molecule has 0 spiro atoms. The second kappa shape index (κ2) is 5.44. The first-order chi connectivity index (χ1) is 9.56. The van der Waals surface area contributed by atoms with Crippen LogP contribution >= 0.6 is 22.9 Å². The fourth-order valence-corrected chi connectivity index (χ4v) is 4.68. The summed E-state index contributed by atoms with van der Waals surface area (Å²) in [6, 6.07) is 4.81. The van der Waals surface area contributed by atoms with Crippen LogP contribution in [0.15, 0.2) is 34.7 Å². The number of fused-ring (bicyclic) bond motifs is 1. The molecule has 0 aliphatic heterocycles. The Kier molecular flexibility index (Phi) is 3.81. The zero-order valence-corrected chi connectivity index (χ0v) is 12.9. The van der Waals surface area contributed by atoms with Crippen molar-refractivity contribution < 1.29 is 8.42 Å². The Morgan fingerprint density at radius 1 is 1.35 bits per heavy atom. The molecule has 1 aliphatic carbocycles. The summed E-state index contributed by atoms with van der Waals surface area (Å²) in [7, 11) is -3.56. The SMILES string of the molecule is O=S(=O)(NC1CCCc2sccc21)c1ccc(Cl)nc1. The van der Waals surface area contributed by atoms with Crippen molar-refractivity contribution in [3.63, 3.8) is 0 Å². The third-order valence-corrected chi connectivity index (χ3v) is 6.04. The molecule has 0 saturated heterocycles. The first-order valence-electron chi connectivity index (χ1n) is 6.26. The fraction of sp³-hybridized carbons (Fsp3) is 0.308. The van der Waals surface area contributed by atoms with Gasteiger partial charge in [-0.05, 0) is 48.4 Å². The van der Waals surface area contributed by atoms with E-state index >= 15 is 0 Å². The van der Waals surface area contributed by atoms with E-state index in [1.54, 1.807) is 11.3 Å². The van der Waals surface area contributed by atoms with Gasteiger partial charge in [-0.2, -0.15) is 0 Å². The number of aromatic nitrogens is 1. The molecule has 106 valence electrons. The van der Waals surface area contributed by atoms with E-state index in [0.717, 1.165) is 24.8 Å². The minimum atomic E-state index is -3.56. The molecule has 0 aromatic carbocycles. The minimum absolute atomic E-state index is 0.143. The van der Waals surface area contributed by atoms with Crippen molar-refractivity contribution in [1.82, 2.24) is 9.71 Å². The Labute approximate surface area is 126 Å². The monoisotopic (exact) mass is 328 g/mol. The molecule has 1 N–H and O–H groups in total. The predicted molar refractivity (Wildman–Crippen MR) is 79.6 cm³/mol. The van der Waals surface area contributed by atoms with E-state index in [1.807, 2.05) is 11.4 Å². The fourth-order valence-electron chi connectivity index (χ4n) is 2.39. The molecule has 0 fully saturated rings. The average Bonchev–Trinajstić information content (AvgIpc) is 2.88. The molecule has 4 nitrogen and oxygen atoms in total. The van der Waals surface area contributed by atoms with Crippen LogP contribution in [0.4, 0.5) is 0 Å². The molecule has 1 unspecified atom stereocenters. The number of nitrogens with one attached hydrogen (secondary N) is 1. The molecule has 0 amide bonds. The van der Waals surface area contributed by atoms with Crippen molar-refractivity contribution >= 4 is 33.0 Å². The van der Waals surface area contributed by atoms with Crippen LogP contribution in [0.1, 0.15) is 29.3 Å². The van der Waals surface area contributed by atoms with Gasteiger partial charge in [-0.1, -0.05) is 11.6 Å². The zero-order chi connectivity index (χ0) is 14.2. The highest BCUT2D eigenvalue weighted by molar-refractivity contribution is 7.89. The van der Waals surface area contributed by atoms with Crippen LogP contribution in [0.25, 0.3) is 0 Å². The topological polar surface area (TPSA) is 59.1 Å². The van der Waals surface area contributed by atoms with Gasteiger partial charge in [0.25, 0.3) is 0 Å². The van der Waals surface area contributed by atoms with Crippen LogP contribution in [-0.2, 0) is 16.4 Å². The van der Waals surface area contributed by atoms with E-state index in [2.05, 4.69) is 9.71 Å². The Morgan fingerprint density at radius 2 is 2.20 bits per heavy atom. The lowest BCUT2D eigenvalue weighted by Crippen LogP contribution is -2.30. The number of hydrogen-bond donors (Lipinski definition) is 1. The second-order valence-electron chi connectivity index (χ2n) is 4.68. The lowest BCUT2D eigenvalue weighted by molar-refractivity contribution is 0.511. The van der Waals surface area contributed by atoms with Gasteiger partial charge in [0.05, 0.1) is 0 Å². The number of sulfonamides is 1. The van der Waals surface area contributed by atoms with Gasteiger partial charge < -0.3 is 0 Å². The molecule has 0 bridgehead atoms. The van der Waals surface area contributed by atoms with Gasteiger partial charge in [0.15, 0.2) is 0 Å². The van der Waals surface area contributed by atoms with Gasteiger partial charge in [0, 0.05) is 17.1 Å². The highest BCUT2D eigenvalue weighted by atomic mass is 35.5. The first-order valence-corrected chi connectivity index (χ1v) is 9.00. The minimum Gasteiger partial charge on any atom is -0.243 e. The van der Waals surface area contributed by atoms with E-state index in [-0.39, 0.29) is 16.1 Å². The molecule has 7 heteroatoms. The quantitative estimate of drug-likeness (QED) is 0.880. The van der Waals surface area contributed by atoms with Crippen molar-refractivity contribution in [3.05, 3.63) is 45.4 Å². The number of rotatable bonds is 3. The molecular formula is C13H13ClN2O2S2. The molecule has 2 aromatic heterocycles. The smallest absolute Gasteiger partial charge is 0.242 e. The molecule has 2 aromatic rings. The van der Waals surface area contributed by atoms with Gasteiger partial charge >= 0.3 is 0 Å². The lowest BCUT2D eigenvalue weighted by atomic mass is 9.95. The summed E-state index contributed by atoms with van der Waals surface area (Å²) < 4.78 is 27.5. The standard InChI is InChI=1S/C13H13ClN2O2S2/c14-13-5-4-9(8-15-13)20(17,18)16-11-2-1-3-12-10(11)6-7-19-12/h4-8,11,16H,1-3H2. The van der Waals surface area contributed by atoms with E-state index in [0.29, 0.717) is 0 Å². The van der Waals surface area contributed by atoms with Gasteiger partial charge in [0.2, 0.25) is 10.0 Å². The second-order valence-corrected chi connectivity index (χ2v) is 7.78. The number of thiophene rings is 1. The molecule has 3 rings (SSSR count). The maximum absolute atomic E-state index is 12.4. The van der Waals surface area contributed by atoms with Gasteiger partial charge in [-0.25, -0.2) is 18.1 Å². The van der Waals surface area contributed by atoms with E-state index in [1.165, 1.54) is 23.2 Å². The largest absolute Gasteiger partial charge is 0.243 e. The van der Waals surface area contributed by atoms with Crippen LogP contribution in [-0.4, -0.2) is 13.4 Å². The number of pyridine rings is 1. The van der Waals surface area contributed by atoms with Crippen molar-refractivity contribution in [1.29, 1.82) is 0 Å². The number of nitrogens with zero attached hydrogens (tertiary/aromatic N) is 1. The summed E-state index contributed by atoms with van der Waals surface area (Å²) in [5, 5.41) is 2.29. The molecule has 0 radical (unpaired) electrons. The Bertz CT molecular complexity index is 710. The molecule has 1 aliphatic rings. The van der Waals surface area contributed by atoms with E-state index < -0.39 is 10.0 Å². The Hall–Kier alpha value is -0.950. The Balaban J connectivity index is 1.86. The van der Waals surface area contributed by atoms with Crippen molar-refractivity contribution in [2.24, 2.45) is 0 Å². The van der Waals surface area contributed by atoms with Gasteiger partial charge in [-0.3, -0.25) is 0 Å². The summed E-state index contributed by atoms with van der Waals surface area (Å²) in [5.74, 6) is 0. The molecule has 0 saturated carbocycles. The highest BCUT2D eigenvalue weighted by Gasteiger charge is 2.26. The highest BCUT2D eigenvalue weighted by Crippen LogP contribution is 2.34. The van der Waals surface area contributed by atoms with Crippen molar-refractivity contribution in [2.45, 2.75) is 30.2 Å². The van der Waals surface area contributed by atoms with Crippen molar-refractivity contribution in [2.75, 3.05) is 0 Å². The normalized spacial score (nSPS) is 18.8. The van der Waals surface area contributed by atoms with Gasteiger partial charge in [-0.15, -0.1) is 11.3 Å². The summed E-state index contributed by atoms with van der Waals surface area (Å²) in [6.07, 6.45) is 4.14. The van der Waals surface area contributed by atoms with E-state index in [9.17, 15) is 8.42 Å². The maximum Gasteiger partial charge on any atom is 0.242 e. The molecule has 20 heavy (non-hydrogen) atoms. The summed E-state index contributed by atoms with van der Waals surface area (Å²) >= 11 is 7.37. The van der Waals surface area contributed by atoms with Gasteiger partial charge in [0.1, 0.15) is 10.0 Å². The third kappa shape index (κ3) is 2.74. The summed E-state index contributed by atoms with van der Waals surface area (Å²) in [4.78, 5) is 5.24. The third-order valence-electron chi connectivity index (χ3n) is 3.36. The van der Waals surface area contributed by atoms with Crippen LogP contribution in [0.2, 0.25) is 5.15 Å². The summed E-state index contributed by atoms with van der Waals surface area (Å²) in [5.41, 5.74) is 1.10. The van der Waals surface area contributed by atoms with E-state index in [4.69, 9.17) is 11.6 Å². The number of hydrogen-bond acceptors (Lipinski definition) is 4. The first kappa shape index (κ1) is 14.0. The van der Waals surface area contributed by atoms with Crippen LogP contribution in [0, 0.1) is 0 Å². The predicted octanol–water partition coefficient (Wildman–Crippen LogP) is 3.15. The maximum atomic E-state index is 12.4. The average molecular weight is 329 g/mol.